The van der Waals surface area contributed by atoms with Crippen molar-refractivity contribution in [3.05, 3.63) is 57.6 Å². The number of ether oxygens (including phenoxy) is 2. The molecule has 0 amide bonds. The Balaban J connectivity index is 2.59. The van der Waals surface area contributed by atoms with Gasteiger partial charge in [0.15, 0.2) is 0 Å². The molecule has 2 rings (SSSR count). The van der Waals surface area contributed by atoms with Crippen LogP contribution in [0.2, 0.25) is 5.02 Å². The van der Waals surface area contributed by atoms with Crippen molar-refractivity contribution < 1.29 is 9.47 Å². The average Bonchev–Trinajstić information content (AvgIpc) is 2.49. The number of aryl methyl sites for hydroxylation is 2. The van der Waals surface area contributed by atoms with Crippen molar-refractivity contribution in [2.24, 2.45) is 0 Å². The standard InChI is InChI=1S/C17H18Cl2O2/c1-10-8-12(13(18)9-11(10)2)17(19)16-14(20-3)6-5-7-15(16)21-4/h5-9,17H,1-4H3. The zero-order chi connectivity index (χ0) is 15.6. The van der Waals surface area contributed by atoms with Gasteiger partial charge in [0.25, 0.3) is 0 Å². The van der Waals surface area contributed by atoms with Gasteiger partial charge in [-0.15, -0.1) is 11.6 Å². The Morgan fingerprint density at radius 3 is 2.00 bits per heavy atom. The average molecular weight is 325 g/mol. The van der Waals surface area contributed by atoms with E-state index in [9.17, 15) is 0 Å². The minimum Gasteiger partial charge on any atom is -0.496 e. The minimum absolute atomic E-state index is 0.442. The SMILES string of the molecule is COc1cccc(OC)c1C(Cl)c1cc(C)c(C)cc1Cl. The van der Waals surface area contributed by atoms with Gasteiger partial charge in [-0.1, -0.05) is 23.7 Å². The fraction of sp³-hybridized carbons (Fsp3) is 0.294. The maximum atomic E-state index is 6.68. The summed E-state index contributed by atoms with van der Waals surface area (Å²) in [5, 5.41) is 0.203. The van der Waals surface area contributed by atoms with Crippen molar-refractivity contribution in [3.63, 3.8) is 0 Å². The first-order chi connectivity index (χ1) is 9.99. The molecule has 1 atom stereocenters. The second kappa shape index (κ2) is 6.59. The first-order valence-corrected chi connectivity index (χ1v) is 7.42. The maximum Gasteiger partial charge on any atom is 0.127 e. The lowest BCUT2D eigenvalue weighted by molar-refractivity contribution is 0.386. The van der Waals surface area contributed by atoms with Crippen LogP contribution in [0.3, 0.4) is 0 Å². The third kappa shape index (κ3) is 3.12. The molecule has 2 nitrogen and oxygen atoms in total. The summed E-state index contributed by atoms with van der Waals surface area (Å²) in [6.07, 6.45) is 0. The molecule has 0 aliphatic heterocycles. The third-order valence-electron chi connectivity index (χ3n) is 3.61. The number of alkyl halides is 1. The molecule has 0 spiro atoms. The molecule has 0 fully saturated rings. The van der Waals surface area contributed by atoms with Gasteiger partial charge in [0, 0.05) is 5.02 Å². The number of rotatable bonds is 4. The molecule has 0 saturated carbocycles. The van der Waals surface area contributed by atoms with Crippen LogP contribution in [-0.2, 0) is 0 Å². The molecule has 1 unspecified atom stereocenters. The molecule has 0 N–H and O–H groups in total. The highest BCUT2D eigenvalue weighted by Gasteiger charge is 2.23. The van der Waals surface area contributed by atoms with E-state index in [4.69, 9.17) is 32.7 Å². The summed E-state index contributed by atoms with van der Waals surface area (Å²) < 4.78 is 10.8. The molecule has 112 valence electrons. The molecule has 0 aliphatic carbocycles. The molecule has 0 aliphatic rings. The smallest absolute Gasteiger partial charge is 0.127 e. The fourth-order valence-corrected chi connectivity index (χ4v) is 3.06. The van der Waals surface area contributed by atoms with Crippen LogP contribution in [0.5, 0.6) is 11.5 Å². The Morgan fingerprint density at radius 2 is 1.48 bits per heavy atom. The quantitative estimate of drug-likeness (QED) is 0.710. The summed E-state index contributed by atoms with van der Waals surface area (Å²) in [4.78, 5) is 0. The van der Waals surface area contributed by atoms with E-state index < -0.39 is 5.38 Å². The molecule has 0 heterocycles. The highest BCUT2D eigenvalue weighted by Crippen LogP contribution is 2.43. The Labute approximate surface area is 135 Å². The predicted octanol–water partition coefficient (Wildman–Crippen LogP) is 5.30. The Bertz CT molecular complexity index is 631. The van der Waals surface area contributed by atoms with Crippen molar-refractivity contribution in [1.82, 2.24) is 0 Å². The first-order valence-electron chi connectivity index (χ1n) is 6.61. The summed E-state index contributed by atoms with van der Waals surface area (Å²) >= 11 is 13.1. The van der Waals surface area contributed by atoms with Crippen molar-refractivity contribution in [3.8, 4) is 11.5 Å². The molecule has 0 aromatic heterocycles. The predicted molar refractivity (Wildman–Crippen MR) is 88.2 cm³/mol. The maximum absolute atomic E-state index is 6.68. The lowest BCUT2D eigenvalue weighted by Crippen LogP contribution is -2.02. The lowest BCUT2D eigenvalue weighted by Gasteiger charge is -2.19. The molecule has 0 radical (unpaired) electrons. The Morgan fingerprint density at radius 1 is 0.952 bits per heavy atom. The normalized spacial score (nSPS) is 12.1. The van der Waals surface area contributed by atoms with E-state index >= 15 is 0 Å². The van der Waals surface area contributed by atoms with E-state index in [1.807, 2.05) is 44.2 Å². The van der Waals surface area contributed by atoms with Crippen molar-refractivity contribution in [2.75, 3.05) is 14.2 Å². The van der Waals surface area contributed by atoms with Gasteiger partial charge in [-0.05, 0) is 48.7 Å². The summed E-state index contributed by atoms with van der Waals surface area (Å²) in [6.45, 7) is 4.07. The zero-order valence-corrected chi connectivity index (χ0v) is 14.0. The molecule has 2 aromatic carbocycles. The third-order valence-corrected chi connectivity index (χ3v) is 4.39. The van der Waals surface area contributed by atoms with Gasteiger partial charge in [0.1, 0.15) is 11.5 Å². The number of methoxy groups -OCH3 is 2. The molecule has 0 saturated heterocycles. The van der Waals surface area contributed by atoms with Gasteiger partial charge < -0.3 is 9.47 Å². The van der Waals surface area contributed by atoms with E-state index in [2.05, 4.69) is 0 Å². The topological polar surface area (TPSA) is 18.5 Å². The summed E-state index contributed by atoms with van der Waals surface area (Å²) in [5.74, 6) is 1.37. The number of benzene rings is 2. The molecular formula is C17H18Cl2O2. The van der Waals surface area contributed by atoms with Gasteiger partial charge in [-0.2, -0.15) is 0 Å². The van der Waals surface area contributed by atoms with Crippen molar-refractivity contribution in [2.45, 2.75) is 19.2 Å². The van der Waals surface area contributed by atoms with Crippen LogP contribution in [0.15, 0.2) is 30.3 Å². The van der Waals surface area contributed by atoms with Gasteiger partial charge in [-0.3, -0.25) is 0 Å². The van der Waals surface area contributed by atoms with Gasteiger partial charge >= 0.3 is 0 Å². The first kappa shape index (κ1) is 16.0. The molecule has 4 heteroatoms. The van der Waals surface area contributed by atoms with E-state index in [1.54, 1.807) is 14.2 Å². The van der Waals surface area contributed by atoms with Crippen LogP contribution in [0.4, 0.5) is 0 Å². The van der Waals surface area contributed by atoms with E-state index in [0.717, 1.165) is 22.3 Å². The Hall–Kier alpha value is -1.38. The summed E-state index contributed by atoms with van der Waals surface area (Å²) in [6, 6.07) is 9.54. The van der Waals surface area contributed by atoms with Gasteiger partial charge in [0.05, 0.1) is 25.2 Å². The van der Waals surface area contributed by atoms with Gasteiger partial charge in [0.2, 0.25) is 0 Å². The molecule has 0 bridgehead atoms. The van der Waals surface area contributed by atoms with Crippen LogP contribution in [0.25, 0.3) is 0 Å². The van der Waals surface area contributed by atoms with Crippen LogP contribution < -0.4 is 9.47 Å². The van der Waals surface area contributed by atoms with E-state index in [1.165, 1.54) is 0 Å². The molecule has 2 aromatic rings. The summed E-state index contributed by atoms with van der Waals surface area (Å²) in [7, 11) is 3.23. The van der Waals surface area contributed by atoms with Crippen LogP contribution in [0.1, 0.15) is 27.6 Å². The van der Waals surface area contributed by atoms with E-state index in [0.29, 0.717) is 16.5 Å². The Kier molecular flexibility index (Phi) is 5.02. The zero-order valence-electron chi connectivity index (χ0n) is 12.5. The fourth-order valence-electron chi connectivity index (χ4n) is 2.28. The summed E-state index contributed by atoms with van der Waals surface area (Å²) in [5.41, 5.74) is 3.92. The lowest BCUT2D eigenvalue weighted by atomic mass is 9.98. The highest BCUT2D eigenvalue weighted by molar-refractivity contribution is 6.33. The number of halogens is 2. The monoisotopic (exact) mass is 324 g/mol. The number of hydrogen-bond acceptors (Lipinski definition) is 2. The van der Waals surface area contributed by atoms with Crippen LogP contribution in [0, 0.1) is 13.8 Å². The van der Waals surface area contributed by atoms with Crippen LogP contribution >= 0.6 is 23.2 Å². The van der Waals surface area contributed by atoms with Crippen LogP contribution in [-0.4, -0.2) is 14.2 Å². The number of hydrogen-bond donors (Lipinski definition) is 0. The van der Waals surface area contributed by atoms with E-state index in [-0.39, 0.29) is 0 Å². The molecular weight excluding hydrogens is 307 g/mol. The van der Waals surface area contributed by atoms with Crippen molar-refractivity contribution in [1.29, 1.82) is 0 Å². The largest absolute Gasteiger partial charge is 0.496 e. The van der Waals surface area contributed by atoms with Crippen molar-refractivity contribution >= 4 is 23.2 Å². The second-order valence-corrected chi connectivity index (χ2v) is 5.74. The molecule has 21 heavy (non-hydrogen) atoms. The van der Waals surface area contributed by atoms with Gasteiger partial charge in [-0.25, -0.2) is 0 Å². The minimum atomic E-state index is -0.442. The highest BCUT2D eigenvalue weighted by atomic mass is 35.5. The second-order valence-electron chi connectivity index (χ2n) is 4.90.